The second-order valence-electron chi connectivity index (χ2n) is 5.83. The van der Waals surface area contributed by atoms with Crippen LogP contribution >= 0.6 is 0 Å². The predicted molar refractivity (Wildman–Crippen MR) is 74.2 cm³/mol. The van der Waals surface area contributed by atoms with Gasteiger partial charge in [-0.05, 0) is 42.3 Å². The molecule has 0 heterocycles. The monoisotopic (exact) mass is 242 g/mol. The first-order valence-corrected chi connectivity index (χ1v) is 9.70. The fourth-order valence-electron chi connectivity index (χ4n) is 3.13. The molecule has 0 aliphatic heterocycles. The molecule has 16 heavy (non-hydrogen) atoms. The summed E-state index contributed by atoms with van der Waals surface area (Å²) in [7, 11) is -1.38. The fourth-order valence-corrected chi connectivity index (χ4v) is 6.08. The Hall–Kier alpha value is 0.177. The lowest BCUT2D eigenvalue weighted by Gasteiger charge is -2.33. The van der Waals surface area contributed by atoms with Crippen molar-refractivity contribution in [3.05, 3.63) is 0 Å². The maximum atomic E-state index is 6.64. The van der Waals surface area contributed by atoms with Crippen LogP contribution in [-0.4, -0.2) is 14.4 Å². The van der Waals surface area contributed by atoms with E-state index in [0.717, 1.165) is 17.8 Å². The quantitative estimate of drug-likeness (QED) is 0.636. The van der Waals surface area contributed by atoms with E-state index in [2.05, 4.69) is 41.5 Å². The van der Waals surface area contributed by atoms with Gasteiger partial charge in [-0.25, -0.2) is 0 Å². The molecule has 0 spiro atoms. The predicted octanol–water partition coefficient (Wildman–Crippen LogP) is 4.69. The summed E-state index contributed by atoms with van der Waals surface area (Å²) in [5.74, 6) is 2.44. The average molecular weight is 242 g/mol. The van der Waals surface area contributed by atoms with Crippen molar-refractivity contribution in [2.75, 3.05) is 0 Å². The van der Waals surface area contributed by atoms with Gasteiger partial charge in [0, 0.05) is 6.10 Å². The van der Waals surface area contributed by atoms with E-state index >= 15 is 0 Å². The molecule has 2 heteroatoms. The molecule has 0 aromatic carbocycles. The Morgan fingerprint density at radius 3 is 1.75 bits per heavy atom. The zero-order valence-corrected chi connectivity index (χ0v) is 13.0. The molecule has 1 saturated carbocycles. The summed E-state index contributed by atoms with van der Waals surface area (Å²) in [6.45, 7) is 14.1. The Kier molecular flexibility index (Phi) is 5.05. The molecule has 0 aromatic heterocycles. The van der Waals surface area contributed by atoms with E-state index in [1.165, 1.54) is 24.6 Å². The molecule has 0 radical (unpaired) electrons. The van der Waals surface area contributed by atoms with Crippen molar-refractivity contribution >= 4 is 8.32 Å². The van der Waals surface area contributed by atoms with Crippen LogP contribution in [0.4, 0.5) is 0 Å². The van der Waals surface area contributed by atoms with Gasteiger partial charge in [-0.3, -0.25) is 0 Å². The summed E-state index contributed by atoms with van der Waals surface area (Å²) in [6, 6.07) is 3.85. The van der Waals surface area contributed by atoms with Crippen LogP contribution < -0.4 is 0 Å². The minimum Gasteiger partial charge on any atom is -0.414 e. The molecule has 4 unspecified atom stereocenters. The van der Waals surface area contributed by atoms with Crippen LogP contribution in [0.2, 0.25) is 18.1 Å². The maximum absolute atomic E-state index is 6.64. The standard InChI is InChI=1S/C14H30OSi/c1-7-16(8-2,9-3)15-14-10-11(4)12(5)13(14)6/h11-14H,7-10H2,1-6H3. The topological polar surface area (TPSA) is 9.23 Å². The van der Waals surface area contributed by atoms with Crippen molar-refractivity contribution in [2.45, 2.75) is 72.2 Å². The normalized spacial score (nSPS) is 35.6. The molecule has 0 saturated heterocycles. The molecule has 0 bridgehead atoms. The summed E-state index contributed by atoms with van der Waals surface area (Å²) in [5.41, 5.74) is 0. The minimum absolute atomic E-state index is 0.552. The molecule has 1 aliphatic rings. The third-order valence-electron chi connectivity index (χ3n) is 5.25. The van der Waals surface area contributed by atoms with E-state index < -0.39 is 8.32 Å². The van der Waals surface area contributed by atoms with Crippen molar-refractivity contribution < 1.29 is 4.43 Å². The van der Waals surface area contributed by atoms with Crippen molar-refractivity contribution in [2.24, 2.45) is 17.8 Å². The summed E-state index contributed by atoms with van der Waals surface area (Å²) in [4.78, 5) is 0. The van der Waals surface area contributed by atoms with E-state index in [-0.39, 0.29) is 0 Å². The molecule has 0 aromatic rings. The second-order valence-corrected chi connectivity index (χ2v) is 10.6. The lowest BCUT2D eigenvalue weighted by Crippen LogP contribution is -2.41. The van der Waals surface area contributed by atoms with Gasteiger partial charge in [0.15, 0.2) is 8.32 Å². The largest absolute Gasteiger partial charge is 0.414 e. The smallest absolute Gasteiger partial charge is 0.192 e. The van der Waals surface area contributed by atoms with Gasteiger partial charge in [-0.15, -0.1) is 0 Å². The zero-order valence-electron chi connectivity index (χ0n) is 12.0. The highest BCUT2D eigenvalue weighted by Gasteiger charge is 2.41. The molecule has 4 atom stereocenters. The molecule has 1 aliphatic carbocycles. The second kappa shape index (κ2) is 5.68. The Morgan fingerprint density at radius 2 is 1.44 bits per heavy atom. The first-order valence-electron chi connectivity index (χ1n) is 7.17. The van der Waals surface area contributed by atoms with Gasteiger partial charge in [0.05, 0.1) is 0 Å². The van der Waals surface area contributed by atoms with Crippen LogP contribution in [0.3, 0.4) is 0 Å². The van der Waals surface area contributed by atoms with Crippen LogP contribution in [-0.2, 0) is 4.43 Å². The van der Waals surface area contributed by atoms with E-state index in [0.29, 0.717) is 6.10 Å². The Morgan fingerprint density at radius 1 is 0.938 bits per heavy atom. The van der Waals surface area contributed by atoms with Gasteiger partial charge >= 0.3 is 0 Å². The maximum Gasteiger partial charge on any atom is 0.192 e. The van der Waals surface area contributed by atoms with Gasteiger partial charge < -0.3 is 4.43 Å². The van der Waals surface area contributed by atoms with Gasteiger partial charge in [0.25, 0.3) is 0 Å². The van der Waals surface area contributed by atoms with E-state index in [1.807, 2.05) is 0 Å². The van der Waals surface area contributed by atoms with Crippen molar-refractivity contribution in [3.8, 4) is 0 Å². The summed E-state index contributed by atoms with van der Waals surface area (Å²) in [6.07, 6.45) is 1.84. The van der Waals surface area contributed by atoms with Crippen LogP contribution in [0.25, 0.3) is 0 Å². The number of hydrogen-bond acceptors (Lipinski definition) is 1. The van der Waals surface area contributed by atoms with Crippen LogP contribution in [0, 0.1) is 17.8 Å². The third kappa shape index (κ3) is 2.70. The molecule has 96 valence electrons. The molecule has 0 N–H and O–H groups in total. The molecular formula is C14H30OSi. The first kappa shape index (κ1) is 14.2. The van der Waals surface area contributed by atoms with Gasteiger partial charge in [0.2, 0.25) is 0 Å². The highest BCUT2D eigenvalue weighted by Crippen LogP contribution is 2.40. The first-order chi connectivity index (χ1) is 7.49. The van der Waals surface area contributed by atoms with Crippen molar-refractivity contribution in [1.29, 1.82) is 0 Å². The van der Waals surface area contributed by atoms with Crippen molar-refractivity contribution in [1.82, 2.24) is 0 Å². The van der Waals surface area contributed by atoms with Gasteiger partial charge in [0.1, 0.15) is 0 Å². The number of rotatable bonds is 5. The van der Waals surface area contributed by atoms with Gasteiger partial charge in [-0.2, -0.15) is 0 Å². The molecule has 1 rings (SSSR count). The average Bonchev–Trinajstić information content (AvgIpc) is 2.54. The Balaban J connectivity index is 2.66. The minimum atomic E-state index is -1.38. The van der Waals surface area contributed by atoms with Gasteiger partial charge in [-0.1, -0.05) is 41.5 Å². The summed E-state index contributed by atoms with van der Waals surface area (Å²) < 4.78 is 6.64. The Labute approximate surface area is 103 Å². The highest BCUT2D eigenvalue weighted by molar-refractivity contribution is 6.73. The van der Waals surface area contributed by atoms with Crippen molar-refractivity contribution in [3.63, 3.8) is 0 Å². The summed E-state index contributed by atoms with van der Waals surface area (Å²) >= 11 is 0. The molecule has 0 amide bonds. The van der Waals surface area contributed by atoms with E-state index in [1.54, 1.807) is 0 Å². The lowest BCUT2D eigenvalue weighted by molar-refractivity contribution is 0.142. The van der Waals surface area contributed by atoms with Crippen LogP contribution in [0.15, 0.2) is 0 Å². The lowest BCUT2D eigenvalue weighted by atomic mass is 9.94. The summed E-state index contributed by atoms with van der Waals surface area (Å²) in [5, 5.41) is 0. The SMILES string of the molecule is CC[Si](CC)(CC)OC1CC(C)C(C)C1C. The van der Waals surface area contributed by atoms with Crippen LogP contribution in [0.1, 0.15) is 48.0 Å². The molecule has 1 nitrogen and oxygen atoms in total. The molecular weight excluding hydrogens is 212 g/mol. The third-order valence-corrected chi connectivity index (χ3v) is 9.92. The van der Waals surface area contributed by atoms with E-state index in [9.17, 15) is 0 Å². The Bertz CT molecular complexity index is 205. The fraction of sp³-hybridized carbons (Fsp3) is 1.00. The zero-order chi connectivity index (χ0) is 12.3. The molecule has 1 fully saturated rings. The van der Waals surface area contributed by atoms with E-state index in [4.69, 9.17) is 4.43 Å². The van der Waals surface area contributed by atoms with Crippen LogP contribution in [0.5, 0.6) is 0 Å². The number of hydrogen-bond donors (Lipinski definition) is 0. The highest BCUT2D eigenvalue weighted by atomic mass is 28.4.